The van der Waals surface area contributed by atoms with Crippen LogP contribution in [0, 0.1) is 0 Å². The van der Waals surface area contributed by atoms with Crippen molar-refractivity contribution in [2.75, 3.05) is 0 Å². The van der Waals surface area contributed by atoms with Gasteiger partial charge in [0, 0.05) is 1.43 Å². The fourth-order valence-electron chi connectivity index (χ4n) is 3.18. The van der Waals surface area contributed by atoms with Crippen molar-refractivity contribution in [1.82, 2.24) is 0 Å². The van der Waals surface area contributed by atoms with Gasteiger partial charge in [-0.1, -0.05) is 116 Å². The van der Waals surface area contributed by atoms with Gasteiger partial charge in [0.25, 0.3) is 0 Å². The van der Waals surface area contributed by atoms with Crippen LogP contribution >= 0.6 is 0 Å². The Labute approximate surface area is 122 Å². The smallest absolute Gasteiger partial charge is 0 e. The lowest BCUT2D eigenvalue weighted by Gasteiger charge is -2.05. The van der Waals surface area contributed by atoms with Gasteiger partial charge in [0.05, 0.1) is 0 Å². The molecule has 3 aliphatic carbocycles. The van der Waals surface area contributed by atoms with E-state index in [0.29, 0.717) is 0 Å². The standard InChI is InChI=1S/3C6H12.FH.H2/c3*1-2-4-6-5-3-1;;/h3*1-6H2;2*1H/i;;;;1+1. The molecule has 19 heavy (non-hydrogen) atoms. The summed E-state index contributed by atoms with van der Waals surface area (Å²) in [5.41, 5.74) is 0. The third kappa shape index (κ3) is 14.2. The Kier molecular flexibility index (Phi) is 15.9. The van der Waals surface area contributed by atoms with Gasteiger partial charge in [-0.3, -0.25) is 4.70 Å². The Morgan fingerprint density at radius 2 is 0.263 bits per heavy atom. The molecule has 0 aliphatic heterocycles. The Balaban J connectivity index is 0. The monoisotopic (exact) mass is 275 g/mol. The summed E-state index contributed by atoms with van der Waals surface area (Å²) in [5.74, 6) is 0. The van der Waals surface area contributed by atoms with Crippen LogP contribution in [0.5, 0.6) is 0 Å². The SMILES string of the molecule is C1CCCCC1.C1CCCCC1.C1CCCCC1.F.[2HH]. The fourth-order valence-corrected chi connectivity index (χ4v) is 3.18. The molecule has 0 saturated heterocycles. The van der Waals surface area contributed by atoms with Crippen molar-refractivity contribution in [3.05, 3.63) is 0 Å². The molecule has 3 aliphatic rings. The zero-order valence-electron chi connectivity index (χ0n) is 13.1. The van der Waals surface area contributed by atoms with Gasteiger partial charge in [-0.25, -0.2) is 0 Å². The maximum Gasteiger partial charge on any atom is 0 e. The molecule has 0 aromatic heterocycles. The maximum absolute atomic E-state index is 1.50. The summed E-state index contributed by atoms with van der Waals surface area (Å²) < 4.78 is 0. The van der Waals surface area contributed by atoms with E-state index >= 15 is 0 Å². The number of hydrogen-bond donors (Lipinski definition) is 0. The van der Waals surface area contributed by atoms with E-state index in [9.17, 15) is 0 Å². The Morgan fingerprint density at radius 1 is 0.211 bits per heavy atom. The first-order chi connectivity index (χ1) is 9.00. The highest BCUT2D eigenvalue weighted by molar-refractivity contribution is 4.52. The van der Waals surface area contributed by atoms with Gasteiger partial charge < -0.3 is 0 Å². The van der Waals surface area contributed by atoms with E-state index in [1.807, 2.05) is 0 Å². The molecule has 0 spiro atoms. The van der Waals surface area contributed by atoms with Gasteiger partial charge >= 0.3 is 0 Å². The van der Waals surface area contributed by atoms with Gasteiger partial charge in [0.2, 0.25) is 0 Å². The Bertz CT molecular complexity index is 86.4. The summed E-state index contributed by atoms with van der Waals surface area (Å²) in [5, 5.41) is 0. The molecule has 0 bridgehead atoms. The maximum atomic E-state index is 1.50. The van der Waals surface area contributed by atoms with Crippen LogP contribution in [0.15, 0.2) is 0 Å². The van der Waals surface area contributed by atoms with Crippen molar-refractivity contribution < 1.29 is 6.13 Å². The van der Waals surface area contributed by atoms with E-state index < -0.39 is 0 Å². The molecule has 118 valence electrons. The highest BCUT2D eigenvalue weighted by Crippen LogP contribution is 2.16. The van der Waals surface area contributed by atoms with Crippen LogP contribution in [0.4, 0.5) is 4.70 Å². The molecule has 0 N–H and O–H groups in total. The van der Waals surface area contributed by atoms with E-state index in [1.165, 1.54) is 116 Å². The molecule has 0 aromatic rings. The van der Waals surface area contributed by atoms with E-state index in [-0.39, 0.29) is 6.13 Å². The second-order valence-electron chi connectivity index (χ2n) is 6.36. The van der Waals surface area contributed by atoms with Crippen LogP contribution < -0.4 is 0 Å². The minimum absolute atomic E-state index is 0. The number of hydrogen-bond acceptors (Lipinski definition) is 0. The first-order valence-electron chi connectivity index (χ1n) is 9.00. The quantitative estimate of drug-likeness (QED) is 0.431. The van der Waals surface area contributed by atoms with Crippen molar-refractivity contribution in [3.63, 3.8) is 0 Å². The summed E-state index contributed by atoms with van der Waals surface area (Å²) in [6.07, 6.45) is 27.0. The van der Waals surface area contributed by atoms with Gasteiger partial charge in [0.15, 0.2) is 0 Å². The lowest BCUT2D eigenvalue weighted by Crippen LogP contribution is -1.85. The number of rotatable bonds is 0. The first kappa shape index (κ1) is 18.9. The average Bonchev–Trinajstić information content (AvgIpc) is 2.54. The summed E-state index contributed by atoms with van der Waals surface area (Å²) in [4.78, 5) is 0. The number of halogens is 1. The molecule has 0 heterocycles. The zero-order valence-corrected chi connectivity index (χ0v) is 13.1. The normalized spacial score (nSPS) is 22.7. The predicted molar refractivity (Wildman–Crippen MR) is 87.7 cm³/mol. The largest absolute Gasteiger partial charge is 0.269 e. The van der Waals surface area contributed by atoms with Gasteiger partial charge in [-0.15, -0.1) is 0 Å². The van der Waals surface area contributed by atoms with E-state index in [2.05, 4.69) is 0 Å². The summed E-state index contributed by atoms with van der Waals surface area (Å²) in [6, 6.07) is 0. The first-order valence-corrected chi connectivity index (χ1v) is 9.00. The molecule has 3 saturated carbocycles. The molecule has 0 amide bonds. The van der Waals surface area contributed by atoms with Crippen LogP contribution in [0.2, 0.25) is 0 Å². The highest BCUT2D eigenvalue weighted by atomic mass is 19.0. The topological polar surface area (TPSA) is 0 Å². The van der Waals surface area contributed by atoms with Crippen molar-refractivity contribution in [2.24, 2.45) is 0 Å². The second-order valence-corrected chi connectivity index (χ2v) is 6.36. The molecule has 3 rings (SSSR count). The summed E-state index contributed by atoms with van der Waals surface area (Å²) in [7, 11) is 0. The van der Waals surface area contributed by atoms with Gasteiger partial charge in [-0.2, -0.15) is 0 Å². The molecule has 0 radical (unpaired) electrons. The Hall–Kier alpha value is -0.0700. The van der Waals surface area contributed by atoms with Crippen LogP contribution in [0.1, 0.15) is 117 Å². The average molecular weight is 276 g/mol. The van der Waals surface area contributed by atoms with Crippen LogP contribution in [-0.4, -0.2) is 0 Å². The molecule has 0 atom stereocenters. The third-order valence-electron chi connectivity index (χ3n) is 4.50. The summed E-state index contributed by atoms with van der Waals surface area (Å²) in [6.45, 7) is 0. The lowest BCUT2D eigenvalue weighted by molar-refractivity contribution is 0.504. The highest BCUT2D eigenvalue weighted by Gasteiger charge is 1.96. The zero-order chi connectivity index (χ0) is 12.7. The predicted octanol–water partition coefficient (Wildman–Crippen LogP) is 7.42. The minimum atomic E-state index is 0. The second kappa shape index (κ2) is 16.0. The minimum Gasteiger partial charge on any atom is -0.269 e. The molecule has 0 unspecified atom stereocenters. The fraction of sp³-hybridized carbons (Fsp3) is 1.00. The molecular weight excluding hydrogens is 235 g/mol. The van der Waals surface area contributed by atoms with Gasteiger partial charge in [0.1, 0.15) is 0 Å². The van der Waals surface area contributed by atoms with E-state index in [0.717, 1.165) is 0 Å². The lowest BCUT2D eigenvalue weighted by atomic mass is 10.0. The molecule has 3 fully saturated rings. The third-order valence-corrected chi connectivity index (χ3v) is 4.50. The van der Waals surface area contributed by atoms with Crippen molar-refractivity contribution in [2.45, 2.75) is 116 Å². The van der Waals surface area contributed by atoms with Crippen LogP contribution in [-0.2, 0) is 0 Å². The van der Waals surface area contributed by atoms with Crippen molar-refractivity contribution in [1.29, 1.82) is 0 Å². The summed E-state index contributed by atoms with van der Waals surface area (Å²) >= 11 is 0. The molecule has 0 nitrogen and oxygen atoms in total. The van der Waals surface area contributed by atoms with Crippen molar-refractivity contribution in [3.8, 4) is 0 Å². The molecule has 1 heteroatoms. The molecule has 0 aromatic carbocycles. The van der Waals surface area contributed by atoms with E-state index in [1.54, 1.807) is 0 Å². The van der Waals surface area contributed by atoms with Crippen LogP contribution in [0.3, 0.4) is 0 Å². The van der Waals surface area contributed by atoms with E-state index in [4.69, 9.17) is 0 Å². The Morgan fingerprint density at radius 3 is 0.316 bits per heavy atom. The van der Waals surface area contributed by atoms with Crippen molar-refractivity contribution >= 4 is 0 Å². The van der Waals surface area contributed by atoms with Crippen LogP contribution in [0.25, 0.3) is 0 Å². The molecular formula is C18H39F. The van der Waals surface area contributed by atoms with Gasteiger partial charge in [-0.05, 0) is 0 Å².